The summed E-state index contributed by atoms with van der Waals surface area (Å²) in [5.74, 6) is -1.08. The number of nitrogens with zero attached hydrogens (tertiary/aromatic N) is 3. The molecule has 0 aliphatic carbocycles. The maximum Gasteiger partial charge on any atom is 0.280 e. The van der Waals surface area contributed by atoms with E-state index in [1.807, 2.05) is 6.92 Å². The van der Waals surface area contributed by atoms with Crippen molar-refractivity contribution in [2.75, 3.05) is 0 Å². The Labute approximate surface area is 156 Å². The summed E-state index contributed by atoms with van der Waals surface area (Å²) < 4.78 is 1.53. The van der Waals surface area contributed by atoms with Gasteiger partial charge in [0.25, 0.3) is 11.5 Å². The third kappa shape index (κ3) is 3.87. The zero-order valence-electron chi connectivity index (χ0n) is 14.9. The van der Waals surface area contributed by atoms with E-state index in [2.05, 4.69) is 15.5 Å². The van der Waals surface area contributed by atoms with E-state index in [1.165, 1.54) is 10.8 Å². The van der Waals surface area contributed by atoms with Crippen molar-refractivity contribution in [2.45, 2.75) is 26.3 Å². The third-order valence-electron chi connectivity index (χ3n) is 4.19. The van der Waals surface area contributed by atoms with Crippen molar-refractivity contribution < 1.29 is 9.90 Å². The van der Waals surface area contributed by atoms with E-state index >= 15 is 0 Å². The fraction of sp³-hybridized carbons (Fsp3) is 0.200. The number of fused-ring (bicyclic) bond motifs is 1. The molecule has 2 heterocycles. The lowest BCUT2D eigenvalue weighted by Crippen LogP contribution is -2.31. The van der Waals surface area contributed by atoms with Crippen LogP contribution in [-0.4, -0.2) is 26.8 Å². The van der Waals surface area contributed by atoms with Crippen LogP contribution in [0.5, 0.6) is 5.75 Å². The number of benzene rings is 1. The molecule has 2 aromatic heterocycles. The number of carbonyl (C=O) groups is 1. The number of rotatable bonds is 6. The zero-order chi connectivity index (χ0) is 19.2. The van der Waals surface area contributed by atoms with Gasteiger partial charge in [0.2, 0.25) is 0 Å². The van der Waals surface area contributed by atoms with Crippen molar-refractivity contribution in [3.63, 3.8) is 0 Å². The van der Waals surface area contributed by atoms with Crippen LogP contribution in [0.25, 0.3) is 10.9 Å². The maximum absolute atomic E-state index is 12.9. The Hall–Kier alpha value is -3.48. The number of hydrogen-bond donors (Lipinski definition) is 2. The monoisotopic (exact) mass is 364 g/mol. The Bertz CT molecular complexity index is 1040. The summed E-state index contributed by atoms with van der Waals surface area (Å²) in [6, 6.07) is 10.4. The smallest absolute Gasteiger partial charge is 0.280 e. The molecule has 0 radical (unpaired) electrons. The third-order valence-corrected chi connectivity index (χ3v) is 4.19. The van der Waals surface area contributed by atoms with Gasteiger partial charge in [0, 0.05) is 24.3 Å². The largest absolute Gasteiger partial charge is 0.506 e. The Balaban J connectivity index is 1.99. The Kier molecular flexibility index (Phi) is 5.61. The molecule has 0 spiro atoms. The van der Waals surface area contributed by atoms with E-state index in [0.717, 1.165) is 18.4 Å². The number of hydrazone groups is 1. The highest BCUT2D eigenvalue weighted by molar-refractivity contribution is 6.02. The molecule has 0 fully saturated rings. The number of aryl methyl sites for hydroxylation is 1. The molecular formula is C20H20N4O3. The summed E-state index contributed by atoms with van der Waals surface area (Å²) in [6.45, 7) is 2.49. The van der Waals surface area contributed by atoms with Crippen molar-refractivity contribution in [2.24, 2.45) is 5.10 Å². The first kappa shape index (κ1) is 18.3. The number of aromatic nitrogens is 2. The maximum atomic E-state index is 12.9. The van der Waals surface area contributed by atoms with Crippen LogP contribution in [0, 0.1) is 0 Å². The molecule has 7 nitrogen and oxygen atoms in total. The van der Waals surface area contributed by atoms with E-state index in [4.69, 9.17) is 0 Å². The van der Waals surface area contributed by atoms with Crippen LogP contribution < -0.4 is 11.0 Å². The minimum atomic E-state index is -0.751. The zero-order valence-corrected chi connectivity index (χ0v) is 14.9. The normalized spacial score (nSPS) is 11.1. The van der Waals surface area contributed by atoms with Gasteiger partial charge in [-0.25, -0.2) is 5.43 Å². The summed E-state index contributed by atoms with van der Waals surface area (Å²) >= 11 is 0. The van der Waals surface area contributed by atoms with Crippen molar-refractivity contribution in [1.82, 2.24) is 15.0 Å². The van der Waals surface area contributed by atoms with Crippen molar-refractivity contribution in [1.29, 1.82) is 0 Å². The first-order valence-electron chi connectivity index (χ1n) is 8.71. The van der Waals surface area contributed by atoms with Crippen molar-refractivity contribution in [3.8, 4) is 5.75 Å². The van der Waals surface area contributed by atoms with Crippen LogP contribution in [0.2, 0.25) is 0 Å². The van der Waals surface area contributed by atoms with Gasteiger partial charge in [0.15, 0.2) is 0 Å². The lowest BCUT2D eigenvalue weighted by atomic mass is 10.1. The summed E-state index contributed by atoms with van der Waals surface area (Å²) in [4.78, 5) is 29.3. The summed E-state index contributed by atoms with van der Waals surface area (Å²) in [5, 5.41) is 14.8. The van der Waals surface area contributed by atoms with Gasteiger partial charge in [-0.2, -0.15) is 5.10 Å². The molecule has 0 aliphatic heterocycles. The molecule has 0 unspecified atom stereocenters. The van der Waals surface area contributed by atoms with Crippen LogP contribution >= 0.6 is 0 Å². The Morgan fingerprint density at radius 3 is 2.74 bits per heavy atom. The summed E-state index contributed by atoms with van der Waals surface area (Å²) in [7, 11) is 0. The topological polar surface area (TPSA) is 96.6 Å². The van der Waals surface area contributed by atoms with Crippen molar-refractivity contribution in [3.05, 3.63) is 70.3 Å². The standard InChI is InChI=1S/C20H20N4O3/c1-2-3-12-24-16-7-5-4-6-15(16)18(25)17(20(24)27)19(26)23-22-13-14-8-10-21-11-9-14/h4-11,13,25H,2-3,12H2,1H3,(H,23,26)/b22-13-. The highest BCUT2D eigenvalue weighted by Crippen LogP contribution is 2.26. The minimum Gasteiger partial charge on any atom is -0.506 e. The predicted octanol–water partition coefficient (Wildman–Crippen LogP) is 2.67. The van der Waals surface area contributed by atoms with E-state index in [1.54, 1.807) is 48.8 Å². The Morgan fingerprint density at radius 1 is 1.26 bits per heavy atom. The number of amides is 1. The average Bonchev–Trinajstić information content (AvgIpc) is 2.69. The van der Waals surface area contributed by atoms with Gasteiger partial charge in [0.05, 0.1) is 11.7 Å². The molecule has 2 N–H and O–H groups in total. The molecule has 3 aromatic rings. The van der Waals surface area contributed by atoms with Crippen molar-refractivity contribution >= 4 is 23.0 Å². The van der Waals surface area contributed by atoms with Crippen LogP contribution in [-0.2, 0) is 6.54 Å². The second-order valence-electron chi connectivity index (χ2n) is 6.03. The van der Waals surface area contributed by atoms with Gasteiger partial charge in [0.1, 0.15) is 11.3 Å². The Morgan fingerprint density at radius 2 is 2.00 bits per heavy atom. The molecular weight excluding hydrogens is 344 g/mol. The highest BCUT2D eigenvalue weighted by Gasteiger charge is 2.21. The number of pyridine rings is 2. The molecule has 0 saturated carbocycles. The summed E-state index contributed by atoms with van der Waals surface area (Å²) in [5.41, 5.74) is 2.82. The van der Waals surface area contributed by atoms with Gasteiger partial charge in [-0.3, -0.25) is 14.6 Å². The van der Waals surface area contributed by atoms with Crippen LogP contribution in [0.3, 0.4) is 0 Å². The van der Waals surface area contributed by atoms with E-state index < -0.39 is 11.5 Å². The van der Waals surface area contributed by atoms with E-state index in [9.17, 15) is 14.7 Å². The first-order chi connectivity index (χ1) is 13.1. The second-order valence-corrected chi connectivity index (χ2v) is 6.03. The fourth-order valence-electron chi connectivity index (χ4n) is 2.80. The number of hydrogen-bond acceptors (Lipinski definition) is 5. The SMILES string of the molecule is CCCCn1c(=O)c(C(=O)N/N=C\c2ccncc2)c(O)c2ccccc21. The number of nitrogens with one attached hydrogen (secondary N) is 1. The van der Waals surface area contributed by atoms with E-state index in [-0.39, 0.29) is 11.3 Å². The number of carbonyl (C=O) groups excluding carboxylic acids is 1. The lowest BCUT2D eigenvalue weighted by molar-refractivity contribution is 0.0950. The summed E-state index contributed by atoms with van der Waals surface area (Å²) in [6.07, 6.45) is 6.33. The molecule has 0 aliphatic rings. The number of para-hydroxylation sites is 1. The second kappa shape index (κ2) is 8.27. The van der Waals surface area contributed by atoms with E-state index in [0.29, 0.717) is 17.4 Å². The minimum absolute atomic E-state index is 0.309. The average molecular weight is 364 g/mol. The van der Waals surface area contributed by atoms with Crippen LogP contribution in [0.1, 0.15) is 35.7 Å². The predicted molar refractivity (Wildman–Crippen MR) is 104 cm³/mol. The quantitative estimate of drug-likeness (QED) is 0.519. The fourth-order valence-corrected chi connectivity index (χ4v) is 2.80. The van der Waals surface area contributed by atoms with Crippen LogP contribution in [0.15, 0.2) is 58.7 Å². The molecule has 138 valence electrons. The molecule has 1 aromatic carbocycles. The number of aromatic hydroxyl groups is 1. The molecule has 0 saturated heterocycles. The molecule has 0 bridgehead atoms. The molecule has 3 rings (SSSR count). The highest BCUT2D eigenvalue weighted by atomic mass is 16.3. The molecule has 27 heavy (non-hydrogen) atoms. The van der Waals surface area contributed by atoms with Gasteiger partial charge >= 0.3 is 0 Å². The molecule has 7 heteroatoms. The first-order valence-corrected chi connectivity index (χ1v) is 8.71. The van der Waals surface area contributed by atoms with Gasteiger partial charge < -0.3 is 9.67 Å². The van der Waals surface area contributed by atoms with Gasteiger partial charge in [-0.15, -0.1) is 0 Å². The number of unbranched alkanes of at least 4 members (excludes halogenated alkanes) is 1. The van der Waals surface area contributed by atoms with Crippen LogP contribution in [0.4, 0.5) is 0 Å². The van der Waals surface area contributed by atoms with Gasteiger partial charge in [-0.1, -0.05) is 25.5 Å². The molecule has 0 atom stereocenters. The molecule has 1 amide bonds. The van der Waals surface area contributed by atoms with Gasteiger partial charge in [-0.05, 0) is 36.2 Å². The lowest BCUT2D eigenvalue weighted by Gasteiger charge is -2.14.